The van der Waals surface area contributed by atoms with Crippen LogP contribution in [0.2, 0.25) is 19.6 Å². The molecule has 0 radical (unpaired) electrons. The van der Waals surface area contributed by atoms with E-state index in [1.165, 1.54) is 44.9 Å². The van der Waals surface area contributed by atoms with Gasteiger partial charge in [0.15, 0.2) is 14.6 Å². The molecule has 0 aromatic heterocycles. The molecule has 0 unspecified atom stereocenters. The van der Waals surface area contributed by atoms with Gasteiger partial charge in [-0.25, -0.2) is 0 Å². The van der Waals surface area contributed by atoms with Gasteiger partial charge in [0.1, 0.15) is 0 Å². The van der Waals surface area contributed by atoms with Crippen molar-refractivity contribution in [1.29, 1.82) is 0 Å². The zero-order valence-corrected chi connectivity index (χ0v) is 16.8. The van der Waals surface area contributed by atoms with Crippen LogP contribution in [0.5, 0.6) is 0 Å². The lowest BCUT2D eigenvalue weighted by atomic mass is 9.69. The Morgan fingerprint density at radius 2 is 1.91 bits per heavy atom. The Balaban J connectivity index is 2.20. The van der Waals surface area contributed by atoms with E-state index >= 15 is 0 Å². The van der Waals surface area contributed by atoms with E-state index in [9.17, 15) is 0 Å². The zero-order chi connectivity index (χ0) is 16.9. The lowest BCUT2D eigenvalue weighted by Crippen LogP contribution is -2.51. The molecule has 0 saturated heterocycles. The fraction of sp³-hybridized carbons (Fsp3) is 0.895. The van der Waals surface area contributed by atoms with Crippen LogP contribution in [-0.2, 0) is 13.9 Å². The molecule has 1 fully saturated rings. The lowest BCUT2D eigenvalue weighted by molar-refractivity contribution is -0.114. The van der Waals surface area contributed by atoms with Gasteiger partial charge in [0, 0.05) is 14.2 Å². The van der Waals surface area contributed by atoms with Crippen LogP contribution in [-0.4, -0.2) is 34.4 Å². The number of allylic oxidation sites excluding steroid dienone is 1. The van der Waals surface area contributed by atoms with Crippen LogP contribution in [0, 0.1) is 5.92 Å². The van der Waals surface area contributed by atoms with Crippen LogP contribution in [0.4, 0.5) is 0 Å². The van der Waals surface area contributed by atoms with Gasteiger partial charge in [-0.15, -0.1) is 0 Å². The highest BCUT2D eigenvalue weighted by atomic mass is 28.4. The van der Waals surface area contributed by atoms with Crippen LogP contribution in [0.1, 0.15) is 57.8 Å². The van der Waals surface area contributed by atoms with E-state index in [2.05, 4.69) is 25.7 Å². The number of ether oxygens (including phenoxy) is 2. The second-order valence-electron chi connectivity index (χ2n) is 8.15. The average Bonchev–Trinajstić information content (AvgIpc) is 3.03. The fourth-order valence-corrected chi connectivity index (χ4v) is 5.98. The second-order valence-corrected chi connectivity index (χ2v) is 12.6. The molecular formula is C19H36O3Si. The second kappa shape index (κ2) is 8.28. The normalized spacial score (nSPS) is 29.1. The Kier molecular flexibility index (Phi) is 6.90. The first-order valence-electron chi connectivity index (χ1n) is 9.36. The lowest BCUT2D eigenvalue weighted by Gasteiger charge is -2.49. The van der Waals surface area contributed by atoms with E-state index in [-0.39, 0.29) is 11.9 Å². The Labute approximate surface area is 143 Å². The fourth-order valence-electron chi connectivity index (χ4n) is 4.49. The van der Waals surface area contributed by atoms with E-state index in [0.717, 1.165) is 12.8 Å². The third kappa shape index (κ3) is 4.91. The largest absolute Gasteiger partial charge is 0.408 e. The third-order valence-electron chi connectivity index (χ3n) is 5.36. The van der Waals surface area contributed by atoms with Crippen molar-refractivity contribution >= 4 is 8.32 Å². The Morgan fingerprint density at radius 3 is 2.48 bits per heavy atom. The van der Waals surface area contributed by atoms with Gasteiger partial charge in [0.05, 0.1) is 5.60 Å². The maximum absolute atomic E-state index is 6.95. The smallest absolute Gasteiger partial charge is 0.184 e. The van der Waals surface area contributed by atoms with Crippen molar-refractivity contribution in [3.8, 4) is 0 Å². The molecule has 2 rings (SSSR count). The molecule has 0 aromatic carbocycles. The van der Waals surface area contributed by atoms with Crippen molar-refractivity contribution < 1.29 is 13.9 Å². The van der Waals surface area contributed by atoms with Crippen molar-refractivity contribution in [1.82, 2.24) is 0 Å². The molecule has 2 aliphatic rings. The summed E-state index contributed by atoms with van der Waals surface area (Å²) < 4.78 is 17.8. The summed E-state index contributed by atoms with van der Waals surface area (Å²) in [5, 5.41) is 0. The van der Waals surface area contributed by atoms with Gasteiger partial charge >= 0.3 is 0 Å². The van der Waals surface area contributed by atoms with Crippen LogP contribution >= 0.6 is 0 Å². The van der Waals surface area contributed by atoms with Crippen molar-refractivity contribution in [2.45, 2.75) is 89.3 Å². The van der Waals surface area contributed by atoms with E-state index in [1.54, 1.807) is 19.8 Å². The molecule has 0 heterocycles. The molecule has 1 saturated carbocycles. The van der Waals surface area contributed by atoms with Crippen LogP contribution in [0.3, 0.4) is 0 Å². The number of hydrogen-bond acceptors (Lipinski definition) is 3. The van der Waals surface area contributed by atoms with E-state index in [0.29, 0.717) is 5.92 Å². The molecular weight excluding hydrogens is 304 g/mol. The molecule has 2 atom stereocenters. The first-order valence-corrected chi connectivity index (χ1v) is 12.8. The SMILES string of the molecule is COC(CC[C@@H]1CCCC[C@@]1(O[Si](C)(C)C)C1=CCCC1)OC. The zero-order valence-electron chi connectivity index (χ0n) is 15.8. The molecule has 23 heavy (non-hydrogen) atoms. The van der Waals surface area contributed by atoms with Gasteiger partial charge in [-0.2, -0.15) is 0 Å². The summed E-state index contributed by atoms with van der Waals surface area (Å²) in [6, 6.07) is 0. The van der Waals surface area contributed by atoms with Gasteiger partial charge in [-0.05, 0) is 76.1 Å². The van der Waals surface area contributed by atoms with Crippen LogP contribution in [0.25, 0.3) is 0 Å². The highest BCUT2D eigenvalue weighted by molar-refractivity contribution is 6.69. The summed E-state index contributed by atoms with van der Waals surface area (Å²) in [5.41, 5.74) is 1.61. The van der Waals surface area contributed by atoms with Gasteiger partial charge in [-0.3, -0.25) is 0 Å². The summed E-state index contributed by atoms with van der Waals surface area (Å²) in [7, 11) is 1.87. The Bertz CT molecular complexity index is 398. The number of methoxy groups -OCH3 is 2. The van der Waals surface area contributed by atoms with E-state index in [1.807, 2.05) is 0 Å². The monoisotopic (exact) mass is 340 g/mol. The molecule has 3 nitrogen and oxygen atoms in total. The number of rotatable bonds is 8. The molecule has 2 aliphatic carbocycles. The summed E-state index contributed by atoms with van der Waals surface area (Å²) in [6.07, 6.45) is 13.4. The molecule has 134 valence electrons. The first kappa shape index (κ1) is 19.2. The summed E-state index contributed by atoms with van der Waals surface area (Å²) >= 11 is 0. The van der Waals surface area contributed by atoms with Gasteiger partial charge in [0.25, 0.3) is 0 Å². The highest BCUT2D eigenvalue weighted by Crippen LogP contribution is 2.49. The van der Waals surface area contributed by atoms with Crippen LogP contribution < -0.4 is 0 Å². The van der Waals surface area contributed by atoms with Gasteiger partial charge in [0.2, 0.25) is 0 Å². The minimum Gasteiger partial charge on any atom is -0.408 e. The maximum Gasteiger partial charge on any atom is 0.184 e. The third-order valence-corrected chi connectivity index (χ3v) is 6.34. The molecule has 0 N–H and O–H groups in total. The first-order chi connectivity index (χ1) is 10.9. The van der Waals surface area contributed by atoms with Crippen molar-refractivity contribution in [2.24, 2.45) is 5.92 Å². The van der Waals surface area contributed by atoms with E-state index in [4.69, 9.17) is 13.9 Å². The predicted molar refractivity (Wildman–Crippen MR) is 98.1 cm³/mol. The Hall–Kier alpha value is -0.163. The maximum atomic E-state index is 6.95. The summed E-state index contributed by atoms with van der Waals surface area (Å²) in [4.78, 5) is 0. The molecule has 0 bridgehead atoms. The van der Waals surface area contributed by atoms with Crippen molar-refractivity contribution in [2.75, 3.05) is 14.2 Å². The topological polar surface area (TPSA) is 27.7 Å². The minimum absolute atomic E-state index is 0.00521. The van der Waals surface area contributed by atoms with Gasteiger partial charge in [-0.1, -0.05) is 18.9 Å². The quantitative estimate of drug-likeness (QED) is 0.342. The average molecular weight is 341 g/mol. The van der Waals surface area contributed by atoms with Crippen LogP contribution in [0.15, 0.2) is 11.6 Å². The highest BCUT2D eigenvalue weighted by Gasteiger charge is 2.47. The molecule has 0 amide bonds. The summed E-state index contributed by atoms with van der Waals surface area (Å²) in [6.45, 7) is 7.01. The minimum atomic E-state index is -1.60. The summed E-state index contributed by atoms with van der Waals surface area (Å²) in [5.74, 6) is 0.611. The molecule has 0 aromatic rings. The molecule has 4 heteroatoms. The predicted octanol–water partition coefficient (Wildman–Crippen LogP) is 5.28. The molecule has 0 spiro atoms. The number of hydrogen-bond donors (Lipinski definition) is 0. The van der Waals surface area contributed by atoms with Gasteiger partial charge < -0.3 is 13.9 Å². The van der Waals surface area contributed by atoms with Crippen molar-refractivity contribution in [3.63, 3.8) is 0 Å². The van der Waals surface area contributed by atoms with Crippen molar-refractivity contribution in [3.05, 3.63) is 11.6 Å². The molecule has 0 aliphatic heterocycles. The Morgan fingerprint density at radius 1 is 1.17 bits per heavy atom. The standard InChI is InChI=1S/C19H36O3Si/c1-20-18(21-2)14-13-17-12-8-9-15-19(17,22-23(3,4)5)16-10-6-7-11-16/h10,17-18H,6-9,11-15H2,1-5H3/t17-,19+/m0/s1. The van der Waals surface area contributed by atoms with E-state index < -0.39 is 8.32 Å².